The van der Waals surface area contributed by atoms with Crippen LogP contribution in [-0.2, 0) is 6.54 Å². The predicted octanol–water partition coefficient (Wildman–Crippen LogP) is 4.58. The van der Waals surface area contributed by atoms with E-state index >= 15 is 0 Å². The van der Waals surface area contributed by atoms with Gasteiger partial charge in [-0.15, -0.1) is 0 Å². The summed E-state index contributed by atoms with van der Waals surface area (Å²) in [6.07, 6.45) is 0. The van der Waals surface area contributed by atoms with Crippen molar-refractivity contribution in [3.63, 3.8) is 0 Å². The summed E-state index contributed by atoms with van der Waals surface area (Å²) in [4.78, 5) is 0. The smallest absolute Gasteiger partial charge is 0.137 e. The van der Waals surface area contributed by atoms with E-state index in [1.54, 1.807) is 7.11 Å². The summed E-state index contributed by atoms with van der Waals surface area (Å²) in [7, 11) is 1.62. The molecule has 0 fully saturated rings. The van der Waals surface area contributed by atoms with Gasteiger partial charge in [0.15, 0.2) is 0 Å². The molecule has 19 heavy (non-hydrogen) atoms. The van der Waals surface area contributed by atoms with Crippen molar-refractivity contribution in [3.8, 4) is 5.75 Å². The molecule has 1 N–H and O–H groups in total. The second-order valence-corrected chi connectivity index (χ2v) is 4.97. The zero-order valence-electron chi connectivity index (χ0n) is 11.5. The van der Waals surface area contributed by atoms with Crippen molar-refractivity contribution in [2.75, 3.05) is 12.4 Å². The number of halogens is 1. The van der Waals surface area contributed by atoms with Crippen LogP contribution >= 0.6 is 11.6 Å². The lowest BCUT2D eigenvalue weighted by Gasteiger charge is -2.12. The minimum absolute atomic E-state index is 0.619. The van der Waals surface area contributed by atoms with Crippen molar-refractivity contribution >= 4 is 17.3 Å². The summed E-state index contributed by atoms with van der Waals surface area (Å²) in [5.74, 6) is 0.693. The van der Waals surface area contributed by atoms with Crippen LogP contribution in [0.2, 0.25) is 5.02 Å². The molecule has 0 atom stereocenters. The minimum Gasteiger partial charge on any atom is -0.495 e. The van der Waals surface area contributed by atoms with Crippen molar-refractivity contribution in [3.05, 3.63) is 58.1 Å². The second-order valence-electron chi connectivity index (χ2n) is 4.56. The molecule has 0 aromatic heterocycles. The molecular formula is C16H18ClNO. The van der Waals surface area contributed by atoms with Crippen LogP contribution in [0, 0.1) is 13.8 Å². The van der Waals surface area contributed by atoms with Gasteiger partial charge in [0.25, 0.3) is 0 Å². The predicted molar refractivity (Wildman–Crippen MR) is 81.2 cm³/mol. The minimum atomic E-state index is 0.619. The highest BCUT2D eigenvalue weighted by atomic mass is 35.5. The van der Waals surface area contributed by atoms with E-state index in [1.807, 2.05) is 18.2 Å². The van der Waals surface area contributed by atoms with E-state index < -0.39 is 0 Å². The first-order valence-corrected chi connectivity index (χ1v) is 6.62. The van der Waals surface area contributed by atoms with Crippen LogP contribution in [0.1, 0.15) is 16.7 Å². The van der Waals surface area contributed by atoms with Gasteiger partial charge in [0.2, 0.25) is 0 Å². The van der Waals surface area contributed by atoms with Gasteiger partial charge in [0.1, 0.15) is 5.75 Å². The average Bonchev–Trinajstić information content (AvgIpc) is 2.40. The fraction of sp³-hybridized carbons (Fsp3) is 0.250. The number of nitrogens with one attached hydrogen (secondary N) is 1. The van der Waals surface area contributed by atoms with Crippen molar-refractivity contribution in [2.24, 2.45) is 0 Å². The van der Waals surface area contributed by atoms with E-state index in [9.17, 15) is 0 Å². The second kappa shape index (κ2) is 5.98. The highest BCUT2D eigenvalue weighted by Crippen LogP contribution is 2.27. The quantitative estimate of drug-likeness (QED) is 0.882. The Labute approximate surface area is 119 Å². The summed E-state index contributed by atoms with van der Waals surface area (Å²) in [6.45, 7) is 5.06. The maximum atomic E-state index is 6.10. The molecule has 0 unspecified atom stereocenters. The fourth-order valence-corrected chi connectivity index (χ4v) is 2.23. The number of hydrogen-bond acceptors (Lipinski definition) is 2. The van der Waals surface area contributed by atoms with Crippen molar-refractivity contribution < 1.29 is 4.74 Å². The van der Waals surface area contributed by atoms with Crippen LogP contribution in [0.25, 0.3) is 0 Å². The third-order valence-electron chi connectivity index (χ3n) is 3.35. The van der Waals surface area contributed by atoms with Gasteiger partial charge < -0.3 is 10.1 Å². The largest absolute Gasteiger partial charge is 0.495 e. The van der Waals surface area contributed by atoms with Gasteiger partial charge in [-0.05, 0) is 48.7 Å². The van der Waals surface area contributed by atoms with Gasteiger partial charge in [-0.1, -0.05) is 29.8 Å². The van der Waals surface area contributed by atoms with E-state index in [0.29, 0.717) is 10.8 Å². The van der Waals surface area contributed by atoms with E-state index in [0.717, 1.165) is 12.2 Å². The highest BCUT2D eigenvalue weighted by Gasteiger charge is 2.03. The molecule has 2 rings (SSSR count). The Hall–Kier alpha value is -1.67. The molecule has 3 heteroatoms. The number of rotatable bonds is 4. The monoisotopic (exact) mass is 275 g/mol. The van der Waals surface area contributed by atoms with Crippen molar-refractivity contribution in [2.45, 2.75) is 20.4 Å². The summed E-state index contributed by atoms with van der Waals surface area (Å²) >= 11 is 6.10. The van der Waals surface area contributed by atoms with Crippen LogP contribution < -0.4 is 10.1 Å². The zero-order chi connectivity index (χ0) is 13.8. The number of aryl methyl sites for hydroxylation is 1. The molecule has 0 saturated carbocycles. The van der Waals surface area contributed by atoms with Crippen LogP contribution in [0.3, 0.4) is 0 Å². The molecule has 0 bridgehead atoms. The van der Waals surface area contributed by atoms with E-state index in [1.165, 1.54) is 16.7 Å². The van der Waals surface area contributed by atoms with Gasteiger partial charge in [-0.3, -0.25) is 0 Å². The molecule has 100 valence electrons. The molecule has 0 aliphatic heterocycles. The summed E-state index contributed by atoms with van der Waals surface area (Å²) < 4.78 is 5.14. The van der Waals surface area contributed by atoms with Gasteiger partial charge in [0, 0.05) is 12.2 Å². The fourth-order valence-electron chi connectivity index (χ4n) is 1.98. The Morgan fingerprint density at radius 3 is 2.63 bits per heavy atom. The Morgan fingerprint density at radius 2 is 1.95 bits per heavy atom. The van der Waals surface area contributed by atoms with Crippen molar-refractivity contribution in [1.82, 2.24) is 0 Å². The summed E-state index contributed by atoms with van der Waals surface area (Å²) in [5.41, 5.74) is 4.93. The zero-order valence-corrected chi connectivity index (χ0v) is 12.2. The topological polar surface area (TPSA) is 21.3 Å². The molecule has 2 aromatic rings. The molecule has 0 spiro atoms. The normalized spacial score (nSPS) is 10.3. The summed E-state index contributed by atoms with van der Waals surface area (Å²) in [6, 6.07) is 12.1. The first-order valence-electron chi connectivity index (χ1n) is 6.24. The maximum absolute atomic E-state index is 6.10. The highest BCUT2D eigenvalue weighted by molar-refractivity contribution is 6.32. The van der Waals surface area contributed by atoms with E-state index in [-0.39, 0.29) is 0 Å². The molecule has 2 nitrogen and oxygen atoms in total. The lowest BCUT2D eigenvalue weighted by Crippen LogP contribution is -2.02. The lowest BCUT2D eigenvalue weighted by atomic mass is 10.0. The Balaban J connectivity index is 2.10. The number of anilines is 1. The number of hydrogen-bond donors (Lipinski definition) is 1. The number of ether oxygens (including phenoxy) is 1. The third kappa shape index (κ3) is 3.21. The van der Waals surface area contributed by atoms with Gasteiger partial charge in [0.05, 0.1) is 12.1 Å². The molecule has 0 heterocycles. The first-order chi connectivity index (χ1) is 9.11. The van der Waals surface area contributed by atoms with Crippen molar-refractivity contribution in [1.29, 1.82) is 0 Å². The molecule has 0 radical (unpaired) electrons. The van der Waals surface area contributed by atoms with Gasteiger partial charge in [-0.25, -0.2) is 0 Å². The molecule has 0 amide bonds. The Morgan fingerprint density at radius 1 is 1.16 bits per heavy atom. The Kier molecular flexibility index (Phi) is 4.33. The molecule has 0 saturated heterocycles. The van der Waals surface area contributed by atoms with E-state index in [4.69, 9.17) is 16.3 Å². The first kappa shape index (κ1) is 13.8. The number of benzene rings is 2. The van der Waals surface area contributed by atoms with Crippen LogP contribution in [0.4, 0.5) is 5.69 Å². The van der Waals surface area contributed by atoms with Gasteiger partial charge >= 0.3 is 0 Å². The molecule has 0 aliphatic carbocycles. The maximum Gasteiger partial charge on any atom is 0.137 e. The van der Waals surface area contributed by atoms with Crippen LogP contribution in [0.15, 0.2) is 36.4 Å². The lowest BCUT2D eigenvalue weighted by molar-refractivity contribution is 0.415. The molecule has 0 aliphatic rings. The Bertz CT molecular complexity index is 581. The van der Waals surface area contributed by atoms with Crippen LogP contribution in [-0.4, -0.2) is 7.11 Å². The average molecular weight is 276 g/mol. The third-order valence-corrected chi connectivity index (χ3v) is 3.65. The van der Waals surface area contributed by atoms with Crippen LogP contribution in [0.5, 0.6) is 5.75 Å². The molecular weight excluding hydrogens is 258 g/mol. The molecule has 2 aromatic carbocycles. The van der Waals surface area contributed by atoms with E-state index in [2.05, 4.69) is 37.4 Å². The van der Waals surface area contributed by atoms with Gasteiger partial charge in [-0.2, -0.15) is 0 Å². The SMILES string of the molecule is COc1ccc(NCc2cccc(C)c2C)cc1Cl. The summed E-state index contributed by atoms with van der Waals surface area (Å²) in [5, 5.41) is 4.00. The number of methoxy groups -OCH3 is 1. The standard InChI is InChI=1S/C16H18ClNO/c1-11-5-4-6-13(12(11)2)10-18-14-7-8-16(19-3)15(17)9-14/h4-9,18H,10H2,1-3H3.